The number of imidazole rings is 1. The Morgan fingerprint density at radius 3 is 2.84 bits per heavy atom. The number of aromatic amines is 1. The second-order valence-corrected chi connectivity index (χ2v) is 5.31. The molecule has 0 aliphatic rings. The van der Waals surface area contributed by atoms with Crippen molar-refractivity contribution in [3.63, 3.8) is 0 Å². The first-order chi connectivity index (χ1) is 9.29. The van der Waals surface area contributed by atoms with Crippen molar-refractivity contribution in [2.45, 2.75) is 0 Å². The summed E-state index contributed by atoms with van der Waals surface area (Å²) in [6, 6.07) is 15.9. The minimum atomic E-state index is 0.754. The standard InChI is InChI=1S/C15H9BrN2O/c16-10-5-6-11-12(8-10)18-15(17-11)14-7-9-3-1-2-4-13(9)19-14/h1-8H,(H,17,18). The number of rotatable bonds is 1. The van der Waals surface area contributed by atoms with Gasteiger partial charge in [0.25, 0.3) is 0 Å². The molecule has 0 atom stereocenters. The van der Waals surface area contributed by atoms with Gasteiger partial charge in [0.05, 0.1) is 11.0 Å². The van der Waals surface area contributed by atoms with Crippen molar-refractivity contribution < 1.29 is 4.42 Å². The smallest absolute Gasteiger partial charge is 0.174 e. The van der Waals surface area contributed by atoms with E-state index in [4.69, 9.17) is 4.42 Å². The van der Waals surface area contributed by atoms with Crippen LogP contribution in [0, 0.1) is 0 Å². The molecule has 0 amide bonds. The van der Waals surface area contributed by atoms with Gasteiger partial charge in [0.15, 0.2) is 11.6 Å². The monoisotopic (exact) mass is 312 g/mol. The van der Waals surface area contributed by atoms with Crippen molar-refractivity contribution in [2.24, 2.45) is 0 Å². The van der Waals surface area contributed by atoms with Gasteiger partial charge < -0.3 is 9.40 Å². The SMILES string of the molecule is Brc1ccc2nc(-c3cc4ccccc4o3)[nH]c2c1. The van der Waals surface area contributed by atoms with Gasteiger partial charge in [-0.2, -0.15) is 0 Å². The predicted octanol–water partition coefficient (Wildman–Crippen LogP) is 4.74. The summed E-state index contributed by atoms with van der Waals surface area (Å²) in [5, 5.41) is 1.08. The molecule has 0 unspecified atom stereocenters. The summed E-state index contributed by atoms with van der Waals surface area (Å²) < 4.78 is 6.84. The molecule has 4 heteroatoms. The molecule has 4 aromatic rings. The number of halogens is 1. The second-order valence-electron chi connectivity index (χ2n) is 4.40. The van der Waals surface area contributed by atoms with Crippen LogP contribution in [0.25, 0.3) is 33.6 Å². The van der Waals surface area contributed by atoms with Gasteiger partial charge in [-0.15, -0.1) is 0 Å². The van der Waals surface area contributed by atoms with Gasteiger partial charge in [-0.05, 0) is 30.3 Å². The highest BCUT2D eigenvalue weighted by Crippen LogP contribution is 2.28. The number of hydrogen-bond donors (Lipinski definition) is 1. The lowest BCUT2D eigenvalue weighted by molar-refractivity contribution is 0.627. The lowest BCUT2D eigenvalue weighted by Gasteiger charge is -1.88. The average Bonchev–Trinajstić information content (AvgIpc) is 3.00. The van der Waals surface area contributed by atoms with Crippen LogP contribution in [0.3, 0.4) is 0 Å². The van der Waals surface area contributed by atoms with Crippen molar-refractivity contribution in [3.05, 3.63) is 53.0 Å². The van der Waals surface area contributed by atoms with E-state index in [9.17, 15) is 0 Å². The summed E-state index contributed by atoms with van der Waals surface area (Å²) in [6.45, 7) is 0. The number of hydrogen-bond acceptors (Lipinski definition) is 2. The van der Waals surface area contributed by atoms with E-state index < -0.39 is 0 Å². The molecular weight excluding hydrogens is 304 g/mol. The maximum atomic E-state index is 5.81. The van der Waals surface area contributed by atoms with E-state index >= 15 is 0 Å². The first-order valence-electron chi connectivity index (χ1n) is 5.94. The molecule has 1 N–H and O–H groups in total. The molecule has 19 heavy (non-hydrogen) atoms. The zero-order valence-corrected chi connectivity index (χ0v) is 11.4. The summed E-state index contributed by atoms with van der Waals surface area (Å²) in [7, 11) is 0. The van der Waals surface area contributed by atoms with Crippen LogP contribution in [0.5, 0.6) is 0 Å². The molecule has 0 saturated carbocycles. The van der Waals surface area contributed by atoms with E-state index in [1.165, 1.54) is 0 Å². The Hall–Kier alpha value is -2.07. The van der Waals surface area contributed by atoms with Crippen molar-refractivity contribution in [2.75, 3.05) is 0 Å². The number of aromatic nitrogens is 2. The molecule has 0 aliphatic carbocycles. The van der Waals surface area contributed by atoms with Crippen molar-refractivity contribution in [3.8, 4) is 11.6 Å². The number of nitrogens with one attached hydrogen (secondary N) is 1. The van der Waals surface area contributed by atoms with E-state index in [1.807, 2.05) is 48.5 Å². The van der Waals surface area contributed by atoms with Crippen LogP contribution >= 0.6 is 15.9 Å². The van der Waals surface area contributed by atoms with Crippen molar-refractivity contribution in [1.82, 2.24) is 9.97 Å². The normalized spacial score (nSPS) is 11.4. The Morgan fingerprint density at radius 2 is 1.95 bits per heavy atom. The van der Waals surface area contributed by atoms with Gasteiger partial charge in [0.1, 0.15) is 5.58 Å². The van der Waals surface area contributed by atoms with Crippen LogP contribution in [0.4, 0.5) is 0 Å². The summed E-state index contributed by atoms with van der Waals surface area (Å²) in [5.41, 5.74) is 2.79. The van der Waals surface area contributed by atoms with Crippen LogP contribution in [0.2, 0.25) is 0 Å². The number of H-pyrrole nitrogens is 1. The van der Waals surface area contributed by atoms with Gasteiger partial charge in [0, 0.05) is 9.86 Å². The Labute approximate surface area is 117 Å². The summed E-state index contributed by atoms with van der Waals surface area (Å²) >= 11 is 3.45. The molecule has 0 aliphatic heterocycles. The fourth-order valence-electron chi connectivity index (χ4n) is 2.20. The maximum Gasteiger partial charge on any atom is 0.174 e. The highest BCUT2D eigenvalue weighted by Gasteiger charge is 2.10. The minimum absolute atomic E-state index is 0.754. The number of furan rings is 1. The van der Waals surface area contributed by atoms with Crippen LogP contribution in [0.15, 0.2) is 57.4 Å². The van der Waals surface area contributed by atoms with Gasteiger partial charge in [0.2, 0.25) is 0 Å². The summed E-state index contributed by atoms with van der Waals surface area (Å²) in [4.78, 5) is 7.83. The van der Waals surface area contributed by atoms with E-state index in [0.717, 1.165) is 38.1 Å². The molecule has 0 saturated heterocycles. The lowest BCUT2D eigenvalue weighted by atomic mass is 10.2. The molecule has 2 heterocycles. The van der Waals surface area contributed by atoms with E-state index in [0.29, 0.717) is 0 Å². The third-order valence-corrected chi connectivity index (χ3v) is 3.60. The lowest BCUT2D eigenvalue weighted by Crippen LogP contribution is -1.74. The molecule has 2 aromatic heterocycles. The average molecular weight is 313 g/mol. The highest BCUT2D eigenvalue weighted by atomic mass is 79.9. The quantitative estimate of drug-likeness (QED) is 0.551. The fourth-order valence-corrected chi connectivity index (χ4v) is 2.56. The van der Waals surface area contributed by atoms with Gasteiger partial charge in [-0.25, -0.2) is 4.98 Å². The third kappa shape index (κ3) is 1.76. The largest absolute Gasteiger partial charge is 0.453 e. The Bertz CT molecular complexity index is 858. The molecule has 2 aromatic carbocycles. The Morgan fingerprint density at radius 1 is 1.05 bits per heavy atom. The van der Waals surface area contributed by atoms with E-state index in [-0.39, 0.29) is 0 Å². The summed E-state index contributed by atoms with van der Waals surface area (Å²) in [6.07, 6.45) is 0. The minimum Gasteiger partial charge on any atom is -0.453 e. The molecule has 0 bridgehead atoms. The number of benzene rings is 2. The molecule has 0 spiro atoms. The predicted molar refractivity (Wildman–Crippen MR) is 79.0 cm³/mol. The van der Waals surface area contributed by atoms with E-state index in [2.05, 4.69) is 25.9 Å². The van der Waals surface area contributed by atoms with Crippen LogP contribution in [0.1, 0.15) is 0 Å². The Kier molecular flexibility index (Phi) is 2.26. The molecule has 0 radical (unpaired) electrons. The molecular formula is C15H9BrN2O. The second kappa shape index (κ2) is 3.96. The van der Waals surface area contributed by atoms with Crippen molar-refractivity contribution >= 4 is 37.9 Å². The number of para-hydroxylation sites is 1. The fraction of sp³-hybridized carbons (Fsp3) is 0. The molecule has 3 nitrogen and oxygen atoms in total. The molecule has 4 rings (SSSR count). The van der Waals surface area contributed by atoms with Gasteiger partial charge in [-0.3, -0.25) is 0 Å². The van der Waals surface area contributed by atoms with Crippen LogP contribution < -0.4 is 0 Å². The van der Waals surface area contributed by atoms with Gasteiger partial charge >= 0.3 is 0 Å². The first-order valence-corrected chi connectivity index (χ1v) is 6.73. The van der Waals surface area contributed by atoms with Gasteiger partial charge in [-0.1, -0.05) is 34.1 Å². The van der Waals surface area contributed by atoms with E-state index in [1.54, 1.807) is 0 Å². The Balaban J connectivity index is 1.93. The topological polar surface area (TPSA) is 41.8 Å². The zero-order chi connectivity index (χ0) is 12.8. The zero-order valence-electron chi connectivity index (χ0n) is 9.85. The third-order valence-electron chi connectivity index (χ3n) is 3.10. The number of nitrogens with zero attached hydrogens (tertiary/aromatic N) is 1. The van der Waals surface area contributed by atoms with Crippen LogP contribution in [-0.4, -0.2) is 9.97 Å². The first kappa shape index (κ1) is 10.8. The number of fused-ring (bicyclic) bond motifs is 2. The highest BCUT2D eigenvalue weighted by molar-refractivity contribution is 9.10. The molecule has 0 fully saturated rings. The summed E-state index contributed by atoms with van der Waals surface area (Å²) in [5.74, 6) is 1.51. The molecule has 92 valence electrons. The van der Waals surface area contributed by atoms with Crippen LogP contribution in [-0.2, 0) is 0 Å². The maximum absolute atomic E-state index is 5.81. The van der Waals surface area contributed by atoms with Crippen molar-refractivity contribution in [1.29, 1.82) is 0 Å².